The third kappa shape index (κ3) is 4.31. The van der Waals surface area contributed by atoms with Crippen LogP contribution in [-0.2, 0) is 4.74 Å². The van der Waals surface area contributed by atoms with Gasteiger partial charge in [0, 0.05) is 13.2 Å². The summed E-state index contributed by atoms with van der Waals surface area (Å²) in [7, 11) is 3.42. The second-order valence-corrected chi connectivity index (χ2v) is 5.08. The van der Waals surface area contributed by atoms with Crippen molar-refractivity contribution in [1.29, 1.82) is 0 Å². The number of nitrogens with one attached hydrogen (secondary N) is 1. The van der Waals surface area contributed by atoms with Crippen LogP contribution >= 0.6 is 0 Å². The van der Waals surface area contributed by atoms with Crippen molar-refractivity contribution in [3.63, 3.8) is 0 Å². The van der Waals surface area contributed by atoms with E-state index in [1.807, 2.05) is 18.2 Å². The van der Waals surface area contributed by atoms with Crippen LogP contribution in [0.4, 0.5) is 0 Å². The minimum Gasteiger partial charge on any atom is -0.497 e. The average molecular weight is 285 g/mol. The molecule has 0 heterocycles. The third-order valence-electron chi connectivity index (χ3n) is 3.58. The van der Waals surface area contributed by atoms with Crippen LogP contribution in [0, 0.1) is 0 Å². The number of hydrogen-bond acceptors (Lipinski definition) is 3. The van der Waals surface area contributed by atoms with E-state index in [-0.39, 0.29) is 12.1 Å². The lowest BCUT2D eigenvalue weighted by atomic mass is 10.0. The molecule has 3 nitrogen and oxygen atoms in total. The molecular formula is C18H23NO2. The fourth-order valence-electron chi connectivity index (χ4n) is 2.40. The van der Waals surface area contributed by atoms with E-state index in [1.165, 1.54) is 11.1 Å². The first-order valence-corrected chi connectivity index (χ1v) is 7.18. The maximum Gasteiger partial charge on any atom is 0.119 e. The van der Waals surface area contributed by atoms with Crippen LogP contribution in [0.2, 0.25) is 0 Å². The molecule has 0 bridgehead atoms. The van der Waals surface area contributed by atoms with Gasteiger partial charge >= 0.3 is 0 Å². The van der Waals surface area contributed by atoms with Crippen LogP contribution in [0.3, 0.4) is 0 Å². The van der Waals surface area contributed by atoms with Crippen molar-refractivity contribution in [3.05, 3.63) is 65.7 Å². The Morgan fingerprint density at radius 1 is 0.952 bits per heavy atom. The SMILES string of the molecule is COCC(NC(C)c1cccc(OC)c1)c1ccccc1. The smallest absolute Gasteiger partial charge is 0.119 e. The Kier molecular flexibility index (Phi) is 5.78. The molecule has 0 saturated carbocycles. The fourth-order valence-corrected chi connectivity index (χ4v) is 2.40. The summed E-state index contributed by atoms with van der Waals surface area (Å²) >= 11 is 0. The van der Waals surface area contributed by atoms with E-state index >= 15 is 0 Å². The van der Waals surface area contributed by atoms with E-state index in [4.69, 9.17) is 9.47 Å². The predicted molar refractivity (Wildman–Crippen MR) is 85.6 cm³/mol. The molecule has 0 radical (unpaired) electrons. The maximum absolute atomic E-state index is 5.35. The largest absolute Gasteiger partial charge is 0.497 e. The Morgan fingerprint density at radius 2 is 1.67 bits per heavy atom. The van der Waals surface area contributed by atoms with Crippen LogP contribution in [0.25, 0.3) is 0 Å². The first-order valence-electron chi connectivity index (χ1n) is 7.18. The standard InChI is InChI=1S/C18H23NO2/c1-14(16-10-7-11-17(12-16)21-3)19-18(13-20-2)15-8-5-4-6-9-15/h4-12,14,18-19H,13H2,1-3H3. The number of benzene rings is 2. The molecule has 0 spiro atoms. The Balaban J connectivity index is 2.12. The van der Waals surface area contributed by atoms with Gasteiger partial charge in [-0.05, 0) is 30.2 Å². The van der Waals surface area contributed by atoms with Gasteiger partial charge in [0.2, 0.25) is 0 Å². The lowest BCUT2D eigenvalue weighted by Gasteiger charge is -2.24. The summed E-state index contributed by atoms with van der Waals surface area (Å²) in [4.78, 5) is 0. The summed E-state index contributed by atoms with van der Waals surface area (Å²) in [6, 6.07) is 18.9. The van der Waals surface area contributed by atoms with E-state index in [1.54, 1.807) is 14.2 Å². The quantitative estimate of drug-likeness (QED) is 0.840. The molecule has 112 valence electrons. The van der Waals surface area contributed by atoms with Crippen molar-refractivity contribution in [2.24, 2.45) is 0 Å². The van der Waals surface area contributed by atoms with Gasteiger partial charge in [-0.3, -0.25) is 0 Å². The van der Waals surface area contributed by atoms with Crippen molar-refractivity contribution >= 4 is 0 Å². The number of ether oxygens (including phenoxy) is 2. The molecule has 2 atom stereocenters. The Hall–Kier alpha value is -1.84. The summed E-state index contributed by atoms with van der Waals surface area (Å²) < 4.78 is 10.6. The summed E-state index contributed by atoms with van der Waals surface area (Å²) in [5, 5.41) is 3.62. The summed E-state index contributed by atoms with van der Waals surface area (Å²) in [6.45, 7) is 2.79. The molecule has 0 fully saturated rings. The Labute approximate surface area is 126 Å². The number of methoxy groups -OCH3 is 2. The lowest BCUT2D eigenvalue weighted by molar-refractivity contribution is 0.162. The first kappa shape index (κ1) is 15.5. The maximum atomic E-state index is 5.35. The predicted octanol–water partition coefficient (Wildman–Crippen LogP) is 3.73. The van der Waals surface area contributed by atoms with Gasteiger partial charge in [0.25, 0.3) is 0 Å². The van der Waals surface area contributed by atoms with Gasteiger partial charge < -0.3 is 14.8 Å². The molecule has 3 heteroatoms. The van der Waals surface area contributed by atoms with Crippen LogP contribution in [0.1, 0.15) is 30.1 Å². The van der Waals surface area contributed by atoms with Gasteiger partial charge in [-0.25, -0.2) is 0 Å². The van der Waals surface area contributed by atoms with Crippen LogP contribution in [0.5, 0.6) is 5.75 Å². The summed E-state index contributed by atoms with van der Waals surface area (Å²) in [6.07, 6.45) is 0. The van der Waals surface area contributed by atoms with Crippen LogP contribution < -0.4 is 10.1 Å². The van der Waals surface area contributed by atoms with Crippen molar-refractivity contribution in [1.82, 2.24) is 5.32 Å². The molecule has 1 N–H and O–H groups in total. The topological polar surface area (TPSA) is 30.5 Å². The minimum atomic E-state index is 0.164. The van der Waals surface area contributed by atoms with E-state index in [0.717, 1.165) is 5.75 Å². The Bertz CT molecular complexity index is 542. The Morgan fingerprint density at radius 3 is 2.33 bits per heavy atom. The van der Waals surface area contributed by atoms with Crippen molar-refractivity contribution in [2.75, 3.05) is 20.8 Å². The zero-order chi connectivity index (χ0) is 15.1. The third-order valence-corrected chi connectivity index (χ3v) is 3.58. The molecule has 2 rings (SSSR count). The second-order valence-electron chi connectivity index (χ2n) is 5.08. The van der Waals surface area contributed by atoms with Crippen molar-refractivity contribution < 1.29 is 9.47 Å². The number of rotatable bonds is 7. The summed E-state index contributed by atoms with van der Waals surface area (Å²) in [5.74, 6) is 0.879. The van der Waals surface area contributed by atoms with Crippen LogP contribution in [0.15, 0.2) is 54.6 Å². The molecule has 2 unspecified atom stereocenters. The molecule has 2 aromatic carbocycles. The van der Waals surface area contributed by atoms with Gasteiger partial charge in [-0.1, -0.05) is 42.5 Å². The highest BCUT2D eigenvalue weighted by atomic mass is 16.5. The number of hydrogen-bond donors (Lipinski definition) is 1. The summed E-state index contributed by atoms with van der Waals surface area (Å²) in [5.41, 5.74) is 2.43. The molecule has 0 aliphatic rings. The van der Waals surface area contributed by atoms with E-state index in [0.29, 0.717) is 6.61 Å². The zero-order valence-corrected chi connectivity index (χ0v) is 12.9. The average Bonchev–Trinajstić information content (AvgIpc) is 2.55. The van der Waals surface area contributed by atoms with E-state index in [9.17, 15) is 0 Å². The fraction of sp³-hybridized carbons (Fsp3) is 0.333. The molecule has 0 aliphatic carbocycles. The molecule has 0 aromatic heterocycles. The highest BCUT2D eigenvalue weighted by molar-refractivity contribution is 5.30. The van der Waals surface area contributed by atoms with Gasteiger partial charge in [0.05, 0.1) is 19.8 Å². The molecule has 0 amide bonds. The second kappa shape index (κ2) is 7.81. The monoisotopic (exact) mass is 285 g/mol. The van der Waals surface area contributed by atoms with Gasteiger partial charge in [0.15, 0.2) is 0 Å². The molecule has 21 heavy (non-hydrogen) atoms. The zero-order valence-electron chi connectivity index (χ0n) is 12.9. The van der Waals surface area contributed by atoms with Crippen LogP contribution in [-0.4, -0.2) is 20.8 Å². The van der Waals surface area contributed by atoms with E-state index in [2.05, 4.69) is 48.6 Å². The first-order chi connectivity index (χ1) is 10.2. The normalized spacial score (nSPS) is 13.7. The molecule has 0 saturated heterocycles. The van der Waals surface area contributed by atoms with Crippen molar-refractivity contribution in [2.45, 2.75) is 19.0 Å². The van der Waals surface area contributed by atoms with Gasteiger partial charge in [-0.15, -0.1) is 0 Å². The molecule has 2 aromatic rings. The lowest BCUT2D eigenvalue weighted by Crippen LogP contribution is -2.28. The minimum absolute atomic E-state index is 0.164. The highest BCUT2D eigenvalue weighted by Crippen LogP contribution is 2.22. The highest BCUT2D eigenvalue weighted by Gasteiger charge is 2.15. The van der Waals surface area contributed by atoms with Crippen molar-refractivity contribution in [3.8, 4) is 5.75 Å². The molecular weight excluding hydrogens is 262 g/mol. The van der Waals surface area contributed by atoms with E-state index < -0.39 is 0 Å². The van der Waals surface area contributed by atoms with Gasteiger partial charge in [-0.2, -0.15) is 0 Å². The molecule has 0 aliphatic heterocycles. The van der Waals surface area contributed by atoms with Gasteiger partial charge in [0.1, 0.15) is 5.75 Å².